The topological polar surface area (TPSA) is 118 Å². The number of nitrogens with one attached hydrogen (secondary N) is 1. The molecule has 0 radical (unpaired) electrons. The highest BCUT2D eigenvalue weighted by molar-refractivity contribution is 7.87. The third-order valence-electron chi connectivity index (χ3n) is 7.18. The zero-order valence-corrected chi connectivity index (χ0v) is 24.2. The summed E-state index contributed by atoms with van der Waals surface area (Å²) in [5, 5.41) is 0. The molecule has 2 saturated heterocycles. The van der Waals surface area contributed by atoms with Gasteiger partial charge in [0.1, 0.15) is 17.4 Å². The third kappa shape index (κ3) is 6.88. The van der Waals surface area contributed by atoms with Crippen LogP contribution in [0, 0.1) is 17.7 Å². The van der Waals surface area contributed by atoms with Crippen LogP contribution in [0.25, 0.3) is 11.3 Å². The van der Waals surface area contributed by atoms with Crippen LogP contribution in [-0.4, -0.2) is 61.4 Å². The van der Waals surface area contributed by atoms with Gasteiger partial charge in [0, 0.05) is 45.7 Å². The van der Waals surface area contributed by atoms with Gasteiger partial charge in [-0.3, -0.25) is 4.79 Å². The van der Waals surface area contributed by atoms with E-state index in [0.29, 0.717) is 54.9 Å². The molecular weight excluding hydrogens is 521 g/mol. The fraction of sp³-hybridized carbons (Fsp3) is 0.571. The van der Waals surface area contributed by atoms with Gasteiger partial charge in [0.25, 0.3) is 5.91 Å². The molecule has 0 bridgehead atoms. The zero-order chi connectivity index (χ0) is 28.5. The van der Waals surface area contributed by atoms with Crippen molar-refractivity contribution in [2.24, 2.45) is 17.6 Å². The largest absolute Gasteiger partial charge is 0.493 e. The minimum Gasteiger partial charge on any atom is -0.493 e. The lowest BCUT2D eigenvalue weighted by molar-refractivity contribution is 0.0978. The number of nitrogens with two attached hydrogens (primary N) is 1. The van der Waals surface area contributed by atoms with E-state index in [2.05, 4.69) is 25.5 Å². The molecule has 0 spiro atoms. The second-order valence-corrected chi connectivity index (χ2v) is 13.5. The molecule has 3 heterocycles. The van der Waals surface area contributed by atoms with Crippen LogP contribution in [0.2, 0.25) is 0 Å². The molecule has 39 heavy (non-hydrogen) atoms. The first-order valence-electron chi connectivity index (χ1n) is 13.6. The quantitative estimate of drug-likeness (QED) is 0.486. The number of halogens is 1. The van der Waals surface area contributed by atoms with Crippen molar-refractivity contribution in [1.82, 2.24) is 14.0 Å². The summed E-state index contributed by atoms with van der Waals surface area (Å²) in [5.41, 5.74) is 6.74. The van der Waals surface area contributed by atoms with Gasteiger partial charge >= 0.3 is 10.2 Å². The lowest BCUT2D eigenvalue weighted by Crippen LogP contribution is -2.51. The van der Waals surface area contributed by atoms with Crippen molar-refractivity contribution in [3.63, 3.8) is 0 Å². The van der Waals surface area contributed by atoms with Gasteiger partial charge in [0.05, 0.1) is 17.9 Å². The Hall–Kier alpha value is -2.76. The number of nitrogens with zero attached hydrogens (tertiary/aromatic N) is 3. The van der Waals surface area contributed by atoms with Gasteiger partial charge in [0.15, 0.2) is 0 Å². The average Bonchev–Trinajstić information content (AvgIpc) is 3.13. The van der Waals surface area contributed by atoms with E-state index >= 15 is 0 Å². The molecule has 2 atom stereocenters. The molecule has 0 aliphatic carbocycles. The van der Waals surface area contributed by atoms with E-state index in [0.717, 1.165) is 12.8 Å². The SMILES string of the molecule is CC(C)COc1cc(F)cc(-c2ccc(C(=O)NS(=O)(=O)N3CCC[C@H](N)C3)c(N3C[C@@H](C)CC3(C)C)n2)c1.[HH].[HH]. The third-order valence-corrected chi connectivity index (χ3v) is 8.64. The van der Waals surface area contributed by atoms with E-state index in [-0.39, 0.29) is 32.5 Å². The Morgan fingerprint density at radius 1 is 1.28 bits per heavy atom. The van der Waals surface area contributed by atoms with E-state index < -0.39 is 21.9 Å². The molecule has 11 heteroatoms. The fourth-order valence-electron chi connectivity index (χ4n) is 5.44. The Morgan fingerprint density at radius 3 is 2.67 bits per heavy atom. The minimum absolute atomic E-state index is 0. The van der Waals surface area contributed by atoms with E-state index in [9.17, 15) is 17.6 Å². The van der Waals surface area contributed by atoms with Crippen molar-refractivity contribution in [1.29, 1.82) is 0 Å². The van der Waals surface area contributed by atoms with Gasteiger partial charge < -0.3 is 15.4 Å². The second-order valence-electron chi connectivity index (χ2n) is 11.9. The maximum atomic E-state index is 14.5. The molecule has 3 N–H and O–H groups in total. The number of piperidine rings is 1. The monoisotopic (exact) mass is 565 g/mol. The summed E-state index contributed by atoms with van der Waals surface area (Å²) in [5.74, 6) is 0.139. The van der Waals surface area contributed by atoms with Gasteiger partial charge in [-0.25, -0.2) is 14.1 Å². The highest BCUT2D eigenvalue weighted by atomic mass is 32.2. The number of aromatic nitrogens is 1. The average molecular weight is 566 g/mol. The number of ether oxygens (including phenoxy) is 1. The van der Waals surface area contributed by atoms with Gasteiger partial charge in [-0.05, 0) is 69.2 Å². The molecular formula is C28H44FN5O4S. The Labute approximate surface area is 234 Å². The highest BCUT2D eigenvalue weighted by Crippen LogP contribution is 2.38. The number of carbonyl (C=O) groups is 1. The molecule has 2 fully saturated rings. The molecule has 0 saturated carbocycles. The zero-order valence-electron chi connectivity index (χ0n) is 23.4. The van der Waals surface area contributed by atoms with Crippen LogP contribution in [0.5, 0.6) is 5.75 Å². The van der Waals surface area contributed by atoms with Crippen LogP contribution in [0.15, 0.2) is 30.3 Å². The molecule has 1 aromatic carbocycles. The minimum atomic E-state index is -4.09. The Morgan fingerprint density at radius 2 is 2.03 bits per heavy atom. The van der Waals surface area contributed by atoms with Crippen LogP contribution in [-0.2, 0) is 10.2 Å². The summed E-state index contributed by atoms with van der Waals surface area (Å²) in [7, 11) is -4.09. The highest BCUT2D eigenvalue weighted by Gasteiger charge is 2.39. The number of rotatable bonds is 8. The molecule has 2 aliphatic rings. The van der Waals surface area contributed by atoms with Crippen molar-refractivity contribution < 1.29 is 25.2 Å². The van der Waals surface area contributed by atoms with E-state index in [4.69, 9.17) is 15.5 Å². The van der Waals surface area contributed by atoms with Crippen LogP contribution in [0.3, 0.4) is 0 Å². The summed E-state index contributed by atoms with van der Waals surface area (Å²) in [6, 6.07) is 7.32. The summed E-state index contributed by atoms with van der Waals surface area (Å²) in [6.07, 6.45) is 2.24. The number of hydrogen-bond acceptors (Lipinski definition) is 7. The number of anilines is 1. The maximum Gasteiger partial charge on any atom is 0.304 e. The van der Waals surface area contributed by atoms with E-state index in [1.165, 1.54) is 16.4 Å². The molecule has 4 rings (SSSR count). The summed E-state index contributed by atoms with van der Waals surface area (Å²) in [6.45, 7) is 11.8. The maximum absolute atomic E-state index is 14.5. The molecule has 1 aromatic heterocycles. The van der Waals surface area contributed by atoms with Gasteiger partial charge in [-0.1, -0.05) is 20.8 Å². The lowest BCUT2D eigenvalue weighted by Gasteiger charge is -2.34. The Bertz CT molecular complexity index is 1330. The predicted octanol–water partition coefficient (Wildman–Crippen LogP) is 4.44. The summed E-state index contributed by atoms with van der Waals surface area (Å²) in [4.78, 5) is 20.3. The first-order valence-corrected chi connectivity index (χ1v) is 15.0. The van der Waals surface area contributed by atoms with Crippen molar-refractivity contribution >= 4 is 21.9 Å². The number of benzene rings is 1. The standard InChI is InChI=1S/C28H40FN5O4S.2H2/c1-18(2)17-38-23-12-20(11-21(29)13-23)25-9-8-24(26(31-25)34-15-19(3)14-28(34,4)5)27(35)32-39(36,37)33-10-6-7-22(30)16-33;;/h8-9,11-13,18-19,22H,6-7,10,14-17,30H2,1-5H3,(H,32,35);2*1H/t19-,22-;;/m0../s1. The van der Waals surface area contributed by atoms with E-state index in [1.54, 1.807) is 18.2 Å². The molecule has 9 nitrogen and oxygen atoms in total. The lowest BCUT2D eigenvalue weighted by atomic mass is 9.97. The van der Waals surface area contributed by atoms with Gasteiger partial charge in [-0.2, -0.15) is 12.7 Å². The van der Waals surface area contributed by atoms with Gasteiger partial charge in [-0.15, -0.1) is 0 Å². The van der Waals surface area contributed by atoms with Crippen molar-refractivity contribution in [3.8, 4) is 17.0 Å². The van der Waals surface area contributed by atoms with E-state index in [1.807, 2.05) is 18.7 Å². The molecule has 218 valence electrons. The first-order chi connectivity index (χ1) is 18.2. The molecule has 1 amide bonds. The van der Waals surface area contributed by atoms with Crippen molar-refractivity contribution in [2.45, 2.75) is 65.5 Å². The smallest absolute Gasteiger partial charge is 0.304 e. The summed E-state index contributed by atoms with van der Waals surface area (Å²) >= 11 is 0. The predicted molar refractivity (Wildman–Crippen MR) is 155 cm³/mol. The Balaban J connectivity index is 0.00000294. The molecule has 2 aromatic rings. The number of carbonyl (C=O) groups excluding carboxylic acids is 1. The Kier molecular flexibility index (Phi) is 8.53. The number of hydrogen-bond donors (Lipinski definition) is 2. The van der Waals surface area contributed by atoms with Crippen molar-refractivity contribution in [2.75, 3.05) is 31.1 Å². The summed E-state index contributed by atoms with van der Waals surface area (Å²) < 4.78 is 49.8. The number of amides is 1. The molecule has 0 unspecified atom stereocenters. The van der Waals surface area contributed by atoms with Crippen LogP contribution >= 0.6 is 0 Å². The fourth-order valence-corrected chi connectivity index (χ4v) is 6.67. The van der Waals surface area contributed by atoms with Crippen molar-refractivity contribution in [3.05, 3.63) is 41.7 Å². The van der Waals surface area contributed by atoms with Gasteiger partial charge in [0.2, 0.25) is 0 Å². The number of pyridine rings is 1. The van der Waals surface area contributed by atoms with Crippen LogP contribution in [0.4, 0.5) is 10.2 Å². The van der Waals surface area contributed by atoms with Crippen LogP contribution < -0.4 is 20.1 Å². The van der Waals surface area contributed by atoms with Crippen LogP contribution in [0.1, 0.15) is 67.1 Å². The first kappa shape index (κ1) is 29.2. The second kappa shape index (κ2) is 11.4. The normalized spacial score (nSPS) is 21.8. The molecule has 2 aliphatic heterocycles.